The maximum absolute atomic E-state index is 12.1. The van der Waals surface area contributed by atoms with Gasteiger partial charge in [-0.1, -0.05) is 0 Å². The third kappa shape index (κ3) is 8.94. The lowest BCUT2D eigenvalue weighted by molar-refractivity contribution is -0.144. The summed E-state index contributed by atoms with van der Waals surface area (Å²) in [4.78, 5) is 57.4. The number of rotatable bonds is 12. The SMILES string of the molecule is CC(NC(=O)C(N)CO)C(=O)NC(CCC(=O)O)C(=O)NC(CO)C(=O)O. The Morgan fingerprint density at radius 2 is 1.41 bits per heavy atom. The van der Waals surface area contributed by atoms with Crippen molar-refractivity contribution in [3.8, 4) is 0 Å². The summed E-state index contributed by atoms with van der Waals surface area (Å²) in [7, 11) is 0. The quantitative estimate of drug-likeness (QED) is 0.159. The molecule has 0 bridgehead atoms. The predicted octanol–water partition coefficient (Wildman–Crippen LogP) is -4.28. The number of carbonyl (C=O) groups excluding carboxylic acids is 3. The molecule has 0 fully saturated rings. The highest BCUT2D eigenvalue weighted by molar-refractivity contribution is 5.94. The van der Waals surface area contributed by atoms with Crippen molar-refractivity contribution in [1.29, 1.82) is 0 Å². The van der Waals surface area contributed by atoms with E-state index in [1.807, 2.05) is 5.32 Å². The van der Waals surface area contributed by atoms with E-state index in [2.05, 4.69) is 10.6 Å². The van der Waals surface area contributed by atoms with Gasteiger partial charge >= 0.3 is 11.9 Å². The van der Waals surface area contributed by atoms with Gasteiger partial charge in [0.05, 0.1) is 13.2 Å². The summed E-state index contributed by atoms with van der Waals surface area (Å²) in [6, 6.07) is -5.50. The molecule has 9 N–H and O–H groups in total. The van der Waals surface area contributed by atoms with Gasteiger partial charge in [-0.15, -0.1) is 0 Å². The van der Waals surface area contributed by atoms with Crippen molar-refractivity contribution in [2.24, 2.45) is 5.73 Å². The fourth-order valence-corrected chi connectivity index (χ4v) is 1.76. The molecule has 0 rings (SSSR count). The summed E-state index contributed by atoms with van der Waals surface area (Å²) < 4.78 is 0. The monoisotopic (exact) mass is 392 g/mol. The molecule has 4 unspecified atom stereocenters. The number of aliphatic hydroxyl groups excluding tert-OH is 2. The van der Waals surface area contributed by atoms with Crippen LogP contribution in [0.15, 0.2) is 0 Å². The molecule has 154 valence electrons. The predicted molar refractivity (Wildman–Crippen MR) is 88.1 cm³/mol. The third-order valence-corrected chi connectivity index (χ3v) is 3.36. The van der Waals surface area contributed by atoms with E-state index in [1.54, 1.807) is 0 Å². The Morgan fingerprint density at radius 3 is 1.85 bits per heavy atom. The van der Waals surface area contributed by atoms with Crippen molar-refractivity contribution in [3.63, 3.8) is 0 Å². The molecule has 0 aliphatic rings. The summed E-state index contributed by atoms with van der Waals surface area (Å²) in [5.41, 5.74) is 5.29. The highest BCUT2D eigenvalue weighted by Crippen LogP contribution is 2.01. The fourth-order valence-electron chi connectivity index (χ4n) is 1.76. The first-order valence-corrected chi connectivity index (χ1v) is 7.86. The molecule has 0 aromatic rings. The number of aliphatic hydroxyl groups is 2. The minimum atomic E-state index is -1.64. The first-order valence-electron chi connectivity index (χ1n) is 7.86. The standard InChI is InChI=1S/C14H24N4O9/c1-6(16-12(24)7(15)4-19)11(23)17-8(2-3-10(21)22)13(25)18-9(5-20)14(26)27/h6-9,19-20H,2-5,15H2,1H3,(H,16,24)(H,17,23)(H,18,25)(H,21,22)(H,26,27). The Kier molecular flexibility index (Phi) is 10.6. The molecule has 0 aromatic heterocycles. The van der Waals surface area contributed by atoms with Crippen LogP contribution in [0, 0.1) is 0 Å². The van der Waals surface area contributed by atoms with Gasteiger partial charge < -0.3 is 42.1 Å². The molecule has 0 saturated carbocycles. The smallest absolute Gasteiger partial charge is 0.328 e. The van der Waals surface area contributed by atoms with E-state index in [1.165, 1.54) is 6.92 Å². The van der Waals surface area contributed by atoms with E-state index in [9.17, 15) is 24.0 Å². The molecule has 4 atom stereocenters. The second-order valence-corrected chi connectivity index (χ2v) is 5.59. The lowest BCUT2D eigenvalue weighted by atomic mass is 10.1. The summed E-state index contributed by atoms with van der Waals surface area (Å²) in [6.07, 6.45) is -0.868. The van der Waals surface area contributed by atoms with Crippen LogP contribution in [0.4, 0.5) is 0 Å². The summed E-state index contributed by atoms with van der Waals surface area (Å²) in [5, 5.41) is 41.6. The number of nitrogens with one attached hydrogen (secondary N) is 3. The van der Waals surface area contributed by atoms with Crippen LogP contribution in [0.25, 0.3) is 0 Å². The topological polar surface area (TPSA) is 228 Å². The fraction of sp³-hybridized carbons (Fsp3) is 0.643. The van der Waals surface area contributed by atoms with Gasteiger partial charge in [0.25, 0.3) is 0 Å². The van der Waals surface area contributed by atoms with Gasteiger partial charge in [-0.3, -0.25) is 19.2 Å². The van der Waals surface area contributed by atoms with Gasteiger partial charge in [-0.25, -0.2) is 4.79 Å². The number of carboxylic acid groups (broad SMARTS) is 2. The van der Waals surface area contributed by atoms with Crippen LogP contribution in [-0.2, 0) is 24.0 Å². The van der Waals surface area contributed by atoms with Crippen LogP contribution in [0.3, 0.4) is 0 Å². The van der Waals surface area contributed by atoms with E-state index in [4.69, 9.17) is 26.2 Å². The summed E-state index contributed by atoms with van der Waals surface area (Å²) in [5.74, 6) is -5.48. The van der Waals surface area contributed by atoms with Gasteiger partial charge in [0.15, 0.2) is 0 Å². The zero-order valence-corrected chi connectivity index (χ0v) is 14.5. The number of hydrogen-bond acceptors (Lipinski definition) is 8. The van der Waals surface area contributed by atoms with Gasteiger partial charge in [0, 0.05) is 6.42 Å². The molecule has 3 amide bonds. The molecular formula is C14H24N4O9. The van der Waals surface area contributed by atoms with Crippen LogP contribution < -0.4 is 21.7 Å². The largest absolute Gasteiger partial charge is 0.481 e. The van der Waals surface area contributed by atoms with Gasteiger partial charge in [-0.2, -0.15) is 0 Å². The van der Waals surface area contributed by atoms with Crippen molar-refractivity contribution in [3.05, 3.63) is 0 Å². The Labute approximate surface area is 153 Å². The first kappa shape index (κ1) is 24.2. The van der Waals surface area contributed by atoms with Crippen molar-refractivity contribution in [1.82, 2.24) is 16.0 Å². The molecule has 0 saturated heterocycles. The lowest BCUT2D eigenvalue weighted by Crippen LogP contribution is -2.57. The van der Waals surface area contributed by atoms with E-state index in [-0.39, 0.29) is 6.42 Å². The number of aliphatic carboxylic acids is 2. The second-order valence-electron chi connectivity index (χ2n) is 5.59. The van der Waals surface area contributed by atoms with Crippen molar-refractivity contribution in [2.75, 3.05) is 13.2 Å². The maximum atomic E-state index is 12.1. The number of carboxylic acids is 2. The molecule has 0 spiro atoms. The second kappa shape index (κ2) is 11.8. The van der Waals surface area contributed by atoms with Crippen LogP contribution >= 0.6 is 0 Å². The minimum Gasteiger partial charge on any atom is -0.481 e. The molecule has 27 heavy (non-hydrogen) atoms. The number of nitrogens with two attached hydrogens (primary N) is 1. The van der Waals surface area contributed by atoms with E-state index >= 15 is 0 Å². The number of hydrogen-bond donors (Lipinski definition) is 8. The number of amides is 3. The van der Waals surface area contributed by atoms with Crippen LogP contribution in [0.5, 0.6) is 0 Å². The average Bonchev–Trinajstić information content (AvgIpc) is 2.60. The van der Waals surface area contributed by atoms with Gasteiger partial charge in [0.2, 0.25) is 17.7 Å². The highest BCUT2D eigenvalue weighted by atomic mass is 16.4. The molecule has 0 radical (unpaired) electrons. The Bertz CT molecular complexity index is 569. The normalized spacial score (nSPS) is 15.0. The zero-order valence-electron chi connectivity index (χ0n) is 14.5. The summed E-state index contributed by atoms with van der Waals surface area (Å²) >= 11 is 0. The summed E-state index contributed by atoms with van der Waals surface area (Å²) in [6.45, 7) is -0.301. The molecule has 13 nitrogen and oxygen atoms in total. The van der Waals surface area contributed by atoms with Crippen LogP contribution in [-0.4, -0.2) is 87.5 Å². The third-order valence-electron chi connectivity index (χ3n) is 3.36. The number of carbonyl (C=O) groups is 5. The van der Waals surface area contributed by atoms with Crippen LogP contribution in [0.2, 0.25) is 0 Å². The molecule has 0 aliphatic heterocycles. The Balaban J connectivity index is 5.04. The highest BCUT2D eigenvalue weighted by Gasteiger charge is 2.28. The van der Waals surface area contributed by atoms with Crippen molar-refractivity contribution >= 4 is 29.7 Å². The van der Waals surface area contributed by atoms with E-state index < -0.39 is 73.5 Å². The van der Waals surface area contributed by atoms with Crippen molar-refractivity contribution < 1.29 is 44.4 Å². The molecular weight excluding hydrogens is 368 g/mol. The average molecular weight is 392 g/mol. The van der Waals surface area contributed by atoms with Crippen molar-refractivity contribution in [2.45, 2.75) is 43.9 Å². The maximum Gasteiger partial charge on any atom is 0.328 e. The molecule has 0 aliphatic carbocycles. The molecule has 0 aromatic carbocycles. The van der Waals surface area contributed by atoms with E-state index in [0.29, 0.717) is 0 Å². The van der Waals surface area contributed by atoms with Gasteiger partial charge in [-0.05, 0) is 13.3 Å². The van der Waals surface area contributed by atoms with E-state index in [0.717, 1.165) is 0 Å². The van der Waals surface area contributed by atoms with Crippen LogP contribution in [0.1, 0.15) is 19.8 Å². The Hall–Kier alpha value is -2.77. The molecule has 13 heteroatoms. The minimum absolute atomic E-state index is 0.360. The van der Waals surface area contributed by atoms with Gasteiger partial charge in [0.1, 0.15) is 24.2 Å². The molecule has 0 heterocycles. The lowest BCUT2D eigenvalue weighted by Gasteiger charge is -2.22. The Morgan fingerprint density at radius 1 is 0.852 bits per heavy atom. The first-order chi connectivity index (χ1) is 12.5. The zero-order chi connectivity index (χ0) is 21.1.